The minimum atomic E-state index is -0.857. The summed E-state index contributed by atoms with van der Waals surface area (Å²) >= 11 is 0. The van der Waals surface area contributed by atoms with Crippen molar-refractivity contribution in [1.82, 2.24) is 10.4 Å². The molecule has 0 spiro atoms. The van der Waals surface area contributed by atoms with Gasteiger partial charge in [-0.2, -0.15) is 5.06 Å². The third kappa shape index (κ3) is 8.61. The average Bonchev–Trinajstić information content (AvgIpc) is 3.00. The first-order chi connectivity index (χ1) is 21.2. The molecule has 1 fully saturated rings. The van der Waals surface area contributed by atoms with E-state index >= 15 is 0 Å². The summed E-state index contributed by atoms with van der Waals surface area (Å²) in [5.74, 6) is 1.47. The van der Waals surface area contributed by atoms with Crippen LogP contribution in [0.3, 0.4) is 0 Å². The summed E-state index contributed by atoms with van der Waals surface area (Å²) in [5.41, 5.74) is 0.912. The molecule has 3 N–H and O–H groups in total. The van der Waals surface area contributed by atoms with Crippen molar-refractivity contribution in [2.24, 2.45) is 5.92 Å². The van der Waals surface area contributed by atoms with Crippen molar-refractivity contribution in [2.75, 3.05) is 33.8 Å². The molecular formula is C34H49N3O8. The van der Waals surface area contributed by atoms with Crippen LogP contribution in [0.5, 0.6) is 23.0 Å². The predicted molar refractivity (Wildman–Crippen MR) is 174 cm³/mol. The highest BCUT2D eigenvalue weighted by molar-refractivity contribution is 5.98. The number of nitrogens with zero attached hydrogens (tertiary/aromatic N) is 1. The van der Waals surface area contributed by atoms with Crippen LogP contribution in [0.4, 0.5) is 10.5 Å². The number of hydrogen-bond donors (Lipinski definition) is 3. The fraction of sp³-hybridized carbons (Fsp3) is 0.529. The number of alkyl carbamates (subject to hydrolysis) is 1. The second-order valence-corrected chi connectivity index (χ2v) is 12.6. The van der Waals surface area contributed by atoms with E-state index < -0.39 is 35.2 Å². The van der Waals surface area contributed by atoms with Gasteiger partial charge in [-0.25, -0.2) is 4.79 Å². The van der Waals surface area contributed by atoms with Crippen LogP contribution in [0.1, 0.15) is 71.9 Å². The van der Waals surface area contributed by atoms with Gasteiger partial charge in [0.05, 0.1) is 34.1 Å². The van der Waals surface area contributed by atoms with Crippen LogP contribution in [0.25, 0.3) is 12.2 Å². The largest absolute Gasteiger partial charge is 0.495 e. The Labute approximate surface area is 266 Å². The highest BCUT2D eigenvalue weighted by atomic mass is 16.6. The van der Waals surface area contributed by atoms with E-state index in [0.29, 0.717) is 47.9 Å². The molecule has 45 heavy (non-hydrogen) atoms. The van der Waals surface area contributed by atoms with Crippen molar-refractivity contribution in [2.45, 2.75) is 84.0 Å². The number of ether oxygens (including phenoxy) is 5. The molecule has 11 nitrogen and oxygen atoms in total. The number of carbonyl (C=O) groups is 2. The molecule has 11 heteroatoms. The summed E-state index contributed by atoms with van der Waals surface area (Å²) in [7, 11) is 6.20. The van der Waals surface area contributed by atoms with Gasteiger partial charge in [0.1, 0.15) is 17.9 Å². The van der Waals surface area contributed by atoms with Crippen molar-refractivity contribution in [3.63, 3.8) is 0 Å². The molecule has 248 valence electrons. The van der Waals surface area contributed by atoms with E-state index in [4.69, 9.17) is 23.7 Å². The number of methoxy groups -OCH3 is 4. The average molecular weight is 628 g/mol. The maximum absolute atomic E-state index is 13.6. The zero-order chi connectivity index (χ0) is 33.5. The highest BCUT2D eigenvalue weighted by Gasteiger charge is 2.46. The van der Waals surface area contributed by atoms with E-state index in [1.165, 1.54) is 12.2 Å². The van der Waals surface area contributed by atoms with E-state index in [1.807, 2.05) is 71.9 Å². The van der Waals surface area contributed by atoms with Crippen molar-refractivity contribution < 1.29 is 38.5 Å². The monoisotopic (exact) mass is 627 g/mol. The van der Waals surface area contributed by atoms with Crippen LogP contribution in [0, 0.1) is 5.92 Å². The van der Waals surface area contributed by atoms with E-state index in [9.17, 15) is 14.8 Å². The van der Waals surface area contributed by atoms with Gasteiger partial charge in [0.2, 0.25) is 11.7 Å². The molecule has 1 heterocycles. The summed E-state index contributed by atoms with van der Waals surface area (Å²) < 4.78 is 27.6. The highest BCUT2D eigenvalue weighted by Crippen LogP contribution is 2.39. The van der Waals surface area contributed by atoms with Gasteiger partial charge >= 0.3 is 6.09 Å². The third-order valence-electron chi connectivity index (χ3n) is 8.28. The van der Waals surface area contributed by atoms with Gasteiger partial charge < -0.3 is 39.5 Å². The van der Waals surface area contributed by atoms with Crippen LogP contribution in [-0.2, 0) is 9.53 Å². The molecule has 0 aliphatic carbocycles. The topological polar surface area (TPSA) is 128 Å². The second-order valence-electron chi connectivity index (χ2n) is 12.6. The quantitative estimate of drug-likeness (QED) is 0.230. The first kappa shape index (κ1) is 35.5. The SMILES string of the molecule is CC[C@H](C)[C@H](NC(=O)OC1CC(C)(C)N(O)C(C)(C)C1)C(=O)Nc1cc(/C=C\c2cc(OC)c(OC)c(OC)c2)ccc1OC. The van der Waals surface area contributed by atoms with Crippen molar-refractivity contribution in [3.05, 3.63) is 41.5 Å². The molecule has 1 saturated heterocycles. The van der Waals surface area contributed by atoms with Crippen LogP contribution < -0.4 is 29.6 Å². The molecule has 2 amide bonds. The molecule has 0 radical (unpaired) electrons. The van der Waals surface area contributed by atoms with Crippen LogP contribution in [0.15, 0.2) is 30.3 Å². The third-order valence-corrected chi connectivity index (χ3v) is 8.28. The Kier molecular flexibility index (Phi) is 11.7. The normalized spacial score (nSPS) is 17.7. The first-order valence-corrected chi connectivity index (χ1v) is 15.1. The predicted octanol–water partition coefficient (Wildman–Crippen LogP) is 6.38. The lowest BCUT2D eigenvalue weighted by molar-refractivity contribution is -0.256. The summed E-state index contributed by atoms with van der Waals surface area (Å²) in [6.07, 6.45) is 4.23. The molecule has 0 unspecified atom stereocenters. The van der Waals surface area contributed by atoms with Gasteiger partial charge in [0, 0.05) is 23.9 Å². The van der Waals surface area contributed by atoms with Gasteiger partial charge in [0.15, 0.2) is 11.5 Å². The van der Waals surface area contributed by atoms with E-state index in [1.54, 1.807) is 33.5 Å². The molecule has 1 aliphatic heterocycles. The molecular weight excluding hydrogens is 578 g/mol. The lowest BCUT2D eigenvalue weighted by Crippen LogP contribution is -2.61. The Morgan fingerprint density at radius 3 is 1.98 bits per heavy atom. The smallest absolute Gasteiger partial charge is 0.408 e. The number of rotatable bonds is 12. The van der Waals surface area contributed by atoms with E-state index in [0.717, 1.165) is 11.1 Å². The Hall–Kier alpha value is -3.96. The molecule has 2 aromatic carbocycles. The molecule has 0 aromatic heterocycles. The van der Waals surface area contributed by atoms with E-state index in [-0.39, 0.29) is 5.92 Å². The summed E-state index contributed by atoms with van der Waals surface area (Å²) in [6.45, 7) is 11.5. The number of hydrogen-bond acceptors (Lipinski definition) is 9. The van der Waals surface area contributed by atoms with Gasteiger partial charge in [-0.15, -0.1) is 0 Å². The van der Waals surface area contributed by atoms with Crippen molar-refractivity contribution in [3.8, 4) is 23.0 Å². The number of anilines is 1. The molecule has 2 aromatic rings. The van der Waals surface area contributed by atoms with Crippen molar-refractivity contribution in [1.29, 1.82) is 0 Å². The van der Waals surface area contributed by atoms with E-state index in [2.05, 4.69) is 10.6 Å². The number of nitrogens with one attached hydrogen (secondary N) is 2. The Balaban J connectivity index is 1.79. The standard InChI is InChI=1S/C34H49N3O8/c1-11-21(2)29(36-32(39)45-24-19-33(3,4)37(40)34(5,6)20-24)31(38)35-25-16-22(14-15-26(25)41-7)12-13-23-17-27(42-8)30(44-10)28(18-23)43-9/h12-18,21,24,29,40H,11,19-20H2,1-10H3,(H,35,38)(H,36,39)/b13-12-/t21-,29-/m0/s1. The summed E-state index contributed by atoms with van der Waals surface area (Å²) in [6, 6.07) is 8.24. The van der Waals surface area contributed by atoms with Crippen LogP contribution in [0.2, 0.25) is 0 Å². The zero-order valence-corrected chi connectivity index (χ0v) is 28.1. The zero-order valence-electron chi connectivity index (χ0n) is 28.1. The fourth-order valence-corrected chi connectivity index (χ4v) is 5.80. The fourth-order valence-electron chi connectivity index (χ4n) is 5.80. The van der Waals surface area contributed by atoms with Gasteiger partial charge in [-0.1, -0.05) is 38.5 Å². The van der Waals surface area contributed by atoms with Crippen LogP contribution >= 0.6 is 0 Å². The number of benzene rings is 2. The maximum Gasteiger partial charge on any atom is 0.408 e. The lowest BCUT2D eigenvalue weighted by Gasteiger charge is -2.50. The summed E-state index contributed by atoms with van der Waals surface area (Å²) in [5, 5.41) is 17.7. The number of piperidine rings is 1. The Morgan fingerprint density at radius 2 is 1.47 bits per heavy atom. The van der Waals surface area contributed by atoms with Gasteiger partial charge in [-0.3, -0.25) is 4.79 Å². The van der Waals surface area contributed by atoms with Gasteiger partial charge in [-0.05, 0) is 69.0 Å². The molecule has 2 atom stereocenters. The van der Waals surface area contributed by atoms with Crippen molar-refractivity contribution >= 4 is 29.8 Å². The maximum atomic E-state index is 13.6. The minimum absolute atomic E-state index is 0.182. The first-order valence-electron chi connectivity index (χ1n) is 15.1. The Morgan fingerprint density at radius 1 is 0.911 bits per heavy atom. The summed E-state index contributed by atoms with van der Waals surface area (Å²) in [4.78, 5) is 26.7. The molecule has 0 saturated carbocycles. The lowest BCUT2D eigenvalue weighted by atomic mass is 9.80. The number of hydroxylamine groups is 2. The number of carbonyl (C=O) groups excluding carboxylic acids is 2. The second kappa shape index (κ2) is 14.9. The minimum Gasteiger partial charge on any atom is -0.495 e. The molecule has 1 aliphatic rings. The molecule has 0 bridgehead atoms. The number of amides is 2. The van der Waals surface area contributed by atoms with Crippen LogP contribution in [-0.4, -0.2) is 73.9 Å². The molecule has 3 rings (SSSR count). The Bertz CT molecular complexity index is 1330. The van der Waals surface area contributed by atoms with Gasteiger partial charge in [0.25, 0.3) is 0 Å².